The molecule has 150 valence electrons. The van der Waals surface area contributed by atoms with E-state index < -0.39 is 27.1 Å². The largest absolute Gasteiger partial charge is 0.459 e. The van der Waals surface area contributed by atoms with Crippen molar-refractivity contribution in [2.24, 2.45) is 4.36 Å². The molecule has 0 fully saturated rings. The molecule has 0 saturated heterocycles. The zero-order valence-electron chi connectivity index (χ0n) is 16.6. The lowest BCUT2D eigenvalue weighted by atomic mass is 10.0. The van der Waals surface area contributed by atoms with Crippen LogP contribution in [0, 0.1) is 5.82 Å². The van der Waals surface area contributed by atoms with Crippen LogP contribution in [0.2, 0.25) is 0 Å². The Bertz CT molecular complexity index is 1000. The van der Waals surface area contributed by atoms with Crippen molar-refractivity contribution in [2.75, 3.05) is 24.0 Å². The maximum atomic E-state index is 14.7. The SMILES string of the molecule is CC(C)(C(=O)OCc1ccccc1)N1CCc2c(N=S(C)(C)=O)ccc(F)c21. The van der Waals surface area contributed by atoms with Crippen molar-refractivity contribution in [3.63, 3.8) is 0 Å². The number of carbonyl (C=O) groups excluding carboxylic acids is 1. The first-order valence-corrected chi connectivity index (χ1v) is 11.4. The molecule has 7 heteroatoms. The predicted molar refractivity (Wildman–Crippen MR) is 110 cm³/mol. The molecule has 0 unspecified atom stereocenters. The van der Waals surface area contributed by atoms with Crippen LogP contribution >= 0.6 is 0 Å². The molecule has 5 nitrogen and oxygen atoms in total. The molecule has 2 aromatic carbocycles. The van der Waals surface area contributed by atoms with Gasteiger partial charge < -0.3 is 9.64 Å². The first-order valence-electron chi connectivity index (χ1n) is 9.07. The van der Waals surface area contributed by atoms with E-state index in [-0.39, 0.29) is 6.61 Å². The highest BCUT2D eigenvalue weighted by Gasteiger charge is 2.41. The second-order valence-electron chi connectivity index (χ2n) is 7.69. The van der Waals surface area contributed by atoms with Crippen molar-refractivity contribution < 1.29 is 18.1 Å². The molecule has 0 bridgehead atoms. The van der Waals surface area contributed by atoms with Crippen LogP contribution in [0.25, 0.3) is 0 Å². The summed E-state index contributed by atoms with van der Waals surface area (Å²) in [4.78, 5) is 14.5. The van der Waals surface area contributed by atoms with Crippen molar-refractivity contribution in [1.82, 2.24) is 0 Å². The molecular weight excluding hydrogens is 379 g/mol. The molecule has 0 atom stereocenters. The highest BCUT2D eigenvalue weighted by molar-refractivity contribution is 7.92. The van der Waals surface area contributed by atoms with Gasteiger partial charge in [0.2, 0.25) is 0 Å². The maximum Gasteiger partial charge on any atom is 0.331 e. The zero-order chi connectivity index (χ0) is 20.5. The number of anilines is 1. The van der Waals surface area contributed by atoms with Gasteiger partial charge in [-0.1, -0.05) is 30.3 Å². The second-order valence-corrected chi connectivity index (χ2v) is 10.2. The van der Waals surface area contributed by atoms with Crippen LogP contribution in [0.3, 0.4) is 0 Å². The van der Waals surface area contributed by atoms with Gasteiger partial charge in [0.25, 0.3) is 0 Å². The van der Waals surface area contributed by atoms with Gasteiger partial charge in [-0.2, -0.15) is 4.36 Å². The van der Waals surface area contributed by atoms with Crippen LogP contribution in [0.4, 0.5) is 15.8 Å². The Balaban J connectivity index is 1.88. The molecule has 0 amide bonds. The summed E-state index contributed by atoms with van der Waals surface area (Å²) >= 11 is 0. The van der Waals surface area contributed by atoms with E-state index in [0.717, 1.165) is 5.56 Å². The normalized spacial score (nSPS) is 14.0. The Morgan fingerprint density at radius 2 is 1.89 bits per heavy atom. The molecule has 2 aromatic rings. The number of rotatable bonds is 5. The van der Waals surface area contributed by atoms with E-state index in [1.165, 1.54) is 6.07 Å². The van der Waals surface area contributed by atoms with Crippen LogP contribution in [-0.4, -0.2) is 34.8 Å². The highest BCUT2D eigenvalue weighted by atomic mass is 32.2. The average Bonchev–Trinajstić information content (AvgIpc) is 3.09. The van der Waals surface area contributed by atoms with Gasteiger partial charge in [0.15, 0.2) is 0 Å². The van der Waals surface area contributed by atoms with E-state index in [1.807, 2.05) is 30.3 Å². The van der Waals surface area contributed by atoms with Gasteiger partial charge in [-0.05, 0) is 38.0 Å². The Morgan fingerprint density at radius 3 is 2.54 bits per heavy atom. The number of esters is 1. The van der Waals surface area contributed by atoms with Gasteiger partial charge in [-0.25, -0.2) is 13.4 Å². The molecule has 1 aliphatic heterocycles. The number of benzene rings is 2. The van der Waals surface area contributed by atoms with E-state index in [2.05, 4.69) is 4.36 Å². The number of nitrogens with zero attached hydrogens (tertiary/aromatic N) is 2. The topological polar surface area (TPSA) is 59.0 Å². The third-order valence-corrected chi connectivity index (χ3v) is 5.41. The highest BCUT2D eigenvalue weighted by Crippen LogP contribution is 2.41. The Hall–Kier alpha value is -2.41. The van der Waals surface area contributed by atoms with Crippen LogP contribution in [0.15, 0.2) is 46.8 Å². The standard InChI is InChI=1S/C21H25FN2O3S/c1-21(2,20(25)27-14-15-8-6-5-7-9-15)24-13-12-16-18(23-28(3,4)26)11-10-17(22)19(16)24/h5-11H,12-14H2,1-4H3. The molecule has 0 aromatic heterocycles. The number of hydrogen-bond donors (Lipinski definition) is 0. The van der Waals surface area contributed by atoms with Gasteiger partial charge in [-0.15, -0.1) is 0 Å². The van der Waals surface area contributed by atoms with E-state index in [0.29, 0.717) is 29.9 Å². The Kier molecular flexibility index (Phi) is 5.48. The summed E-state index contributed by atoms with van der Waals surface area (Å²) in [6.45, 7) is 4.07. The maximum absolute atomic E-state index is 14.7. The van der Waals surface area contributed by atoms with Gasteiger partial charge in [0.1, 0.15) is 18.0 Å². The smallest absolute Gasteiger partial charge is 0.331 e. The molecule has 1 heterocycles. The van der Waals surface area contributed by atoms with E-state index in [4.69, 9.17) is 4.74 Å². The third-order valence-electron chi connectivity index (χ3n) is 4.77. The Labute approximate surface area is 165 Å². The molecule has 0 radical (unpaired) electrons. The van der Waals surface area contributed by atoms with Crippen molar-refractivity contribution in [2.45, 2.75) is 32.4 Å². The number of carbonyl (C=O) groups is 1. The molecule has 3 rings (SSSR count). The van der Waals surface area contributed by atoms with Crippen LogP contribution < -0.4 is 4.90 Å². The van der Waals surface area contributed by atoms with Crippen LogP contribution in [0.5, 0.6) is 0 Å². The summed E-state index contributed by atoms with van der Waals surface area (Å²) in [5.74, 6) is -0.852. The lowest BCUT2D eigenvalue weighted by Gasteiger charge is -2.35. The average molecular weight is 405 g/mol. The van der Waals surface area contributed by atoms with Gasteiger partial charge in [0.05, 0.1) is 11.4 Å². The first-order chi connectivity index (χ1) is 13.1. The summed E-state index contributed by atoms with van der Waals surface area (Å²) in [7, 11) is -2.38. The minimum atomic E-state index is -2.38. The van der Waals surface area contributed by atoms with Crippen molar-refractivity contribution in [1.29, 1.82) is 0 Å². The summed E-state index contributed by atoms with van der Waals surface area (Å²) in [6.07, 6.45) is 3.61. The number of hydrogen-bond acceptors (Lipinski definition) is 5. The Morgan fingerprint density at radius 1 is 1.21 bits per heavy atom. The lowest BCUT2D eigenvalue weighted by molar-refractivity contribution is -0.150. The number of ether oxygens (including phenoxy) is 1. The summed E-state index contributed by atoms with van der Waals surface area (Å²) in [5.41, 5.74) is 1.37. The number of fused-ring (bicyclic) bond motifs is 1. The predicted octanol–water partition coefficient (Wildman–Crippen LogP) is 4.07. The monoisotopic (exact) mass is 404 g/mol. The zero-order valence-corrected chi connectivity index (χ0v) is 17.4. The summed E-state index contributed by atoms with van der Waals surface area (Å²) in [5, 5.41) is 0. The first kappa shape index (κ1) is 20.3. The fourth-order valence-electron chi connectivity index (χ4n) is 3.36. The second kappa shape index (κ2) is 7.54. The third kappa shape index (κ3) is 4.19. The molecule has 0 N–H and O–H groups in total. The van der Waals surface area contributed by atoms with Crippen molar-refractivity contribution >= 4 is 27.1 Å². The molecule has 28 heavy (non-hydrogen) atoms. The summed E-state index contributed by atoms with van der Waals surface area (Å²) < 4.78 is 36.5. The van der Waals surface area contributed by atoms with Crippen molar-refractivity contribution in [3.8, 4) is 0 Å². The van der Waals surface area contributed by atoms with Crippen LogP contribution in [-0.2, 0) is 32.3 Å². The van der Waals surface area contributed by atoms with Gasteiger partial charge >= 0.3 is 5.97 Å². The minimum Gasteiger partial charge on any atom is -0.459 e. The quantitative estimate of drug-likeness (QED) is 0.705. The van der Waals surface area contributed by atoms with Gasteiger partial charge in [0, 0.05) is 34.3 Å². The van der Waals surface area contributed by atoms with E-state index >= 15 is 0 Å². The fourth-order valence-corrected chi connectivity index (χ4v) is 4.01. The lowest BCUT2D eigenvalue weighted by Crippen LogP contribution is -2.50. The molecule has 1 aliphatic rings. The van der Waals surface area contributed by atoms with E-state index in [1.54, 1.807) is 37.3 Å². The van der Waals surface area contributed by atoms with Crippen molar-refractivity contribution in [3.05, 3.63) is 59.4 Å². The molecule has 0 saturated carbocycles. The fraction of sp³-hybridized carbons (Fsp3) is 0.381. The van der Waals surface area contributed by atoms with E-state index in [9.17, 15) is 13.4 Å². The van der Waals surface area contributed by atoms with Crippen LogP contribution in [0.1, 0.15) is 25.0 Å². The summed E-state index contributed by atoms with van der Waals surface area (Å²) in [6, 6.07) is 12.3. The molecule has 0 aliphatic carbocycles. The number of halogens is 1. The van der Waals surface area contributed by atoms with Gasteiger partial charge in [-0.3, -0.25) is 0 Å². The minimum absolute atomic E-state index is 0.162. The molecule has 0 spiro atoms. The molecular formula is C21H25FN2O3S.